The maximum Gasteiger partial charge on any atom is 0.0610 e. The minimum atomic E-state index is 0.197. The topological polar surface area (TPSA) is 25.2 Å². The van der Waals surface area contributed by atoms with E-state index >= 15 is 0 Å². The predicted octanol–water partition coefficient (Wildman–Crippen LogP) is 3.20. The van der Waals surface area contributed by atoms with Crippen LogP contribution in [0.5, 0.6) is 0 Å². The predicted molar refractivity (Wildman–Crippen MR) is 72.5 cm³/mol. The molecular formula is C15H21NO. The molecule has 1 N–H and O–H groups in total. The Morgan fingerprint density at radius 2 is 2.00 bits per heavy atom. The summed E-state index contributed by atoms with van der Waals surface area (Å²) < 4.78 is 2.19. The lowest BCUT2D eigenvalue weighted by molar-refractivity contribution is 0.278. The fourth-order valence-electron chi connectivity index (χ4n) is 2.66. The van der Waals surface area contributed by atoms with Gasteiger partial charge in [0.05, 0.1) is 12.1 Å². The van der Waals surface area contributed by atoms with Crippen LogP contribution < -0.4 is 0 Å². The van der Waals surface area contributed by atoms with Gasteiger partial charge in [0.1, 0.15) is 0 Å². The number of aryl methyl sites for hydroxylation is 3. The van der Waals surface area contributed by atoms with Crippen LogP contribution >= 0.6 is 0 Å². The summed E-state index contributed by atoms with van der Waals surface area (Å²) in [6, 6.07) is 4.48. The van der Waals surface area contributed by atoms with Crippen LogP contribution in [0.3, 0.4) is 0 Å². The molecule has 2 nitrogen and oxygen atoms in total. The molecule has 2 heteroatoms. The van der Waals surface area contributed by atoms with Crippen molar-refractivity contribution < 1.29 is 5.11 Å². The van der Waals surface area contributed by atoms with Gasteiger partial charge in [0, 0.05) is 18.1 Å². The van der Waals surface area contributed by atoms with E-state index in [4.69, 9.17) is 5.11 Å². The maximum atomic E-state index is 9.14. The van der Waals surface area contributed by atoms with Crippen LogP contribution in [0.2, 0.25) is 0 Å². The molecule has 0 saturated carbocycles. The highest BCUT2D eigenvalue weighted by Crippen LogP contribution is 2.27. The van der Waals surface area contributed by atoms with Crippen LogP contribution in [0, 0.1) is 13.8 Å². The Morgan fingerprint density at radius 1 is 1.24 bits per heavy atom. The summed E-state index contributed by atoms with van der Waals surface area (Å²) in [5.41, 5.74) is 5.31. The van der Waals surface area contributed by atoms with Crippen LogP contribution in [-0.4, -0.2) is 16.3 Å². The molecule has 0 saturated heterocycles. The van der Waals surface area contributed by atoms with Gasteiger partial charge in [-0.05, 0) is 37.5 Å². The molecule has 0 amide bonds. The van der Waals surface area contributed by atoms with E-state index < -0.39 is 0 Å². The maximum absolute atomic E-state index is 9.14. The number of hydrogen-bond acceptors (Lipinski definition) is 1. The Bertz CT molecular complexity index is 525. The minimum absolute atomic E-state index is 0.197. The summed E-state index contributed by atoms with van der Waals surface area (Å²) in [6.45, 7) is 7.38. The van der Waals surface area contributed by atoms with Crippen LogP contribution in [0.4, 0.5) is 0 Å². The number of aliphatic hydroxyl groups excluding tert-OH is 1. The van der Waals surface area contributed by atoms with Crippen molar-refractivity contribution in [2.45, 2.75) is 40.2 Å². The van der Waals surface area contributed by atoms with Crippen molar-refractivity contribution in [1.29, 1.82) is 0 Å². The van der Waals surface area contributed by atoms with E-state index in [1.165, 1.54) is 27.6 Å². The second-order valence-electron chi connectivity index (χ2n) is 4.80. The number of nitrogens with zero attached hydrogens (tertiary/aromatic N) is 1. The molecule has 0 aliphatic carbocycles. The molecule has 0 atom stereocenters. The van der Waals surface area contributed by atoms with E-state index in [0.717, 1.165) is 12.8 Å². The number of aromatic nitrogens is 1. The first kappa shape index (κ1) is 12.2. The van der Waals surface area contributed by atoms with Crippen LogP contribution in [-0.2, 0) is 13.0 Å². The third kappa shape index (κ3) is 2.22. The van der Waals surface area contributed by atoms with Crippen molar-refractivity contribution in [3.8, 4) is 0 Å². The molecule has 0 bridgehead atoms. The molecule has 92 valence electrons. The quantitative estimate of drug-likeness (QED) is 0.859. The molecule has 0 spiro atoms. The second-order valence-corrected chi connectivity index (χ2v) is 4.80. The van der Waals surface area contributed by atoms with Gasteiger partial charge in [-0.25, -0.2) is 0 Å². The SMILES string of the molecule is CCCc1cn(CCO)c2c(C)cc(C)cc12. The molecular weight excluding hydrogens is 210 g/mol. The smallest absolute Gasteiger partial charge is 0.0610 e. The zero-order valence-electron chi connectivity index (χ0n) is 11.0. The molecule has 0 radical (unpaired) electrons. The number of rotatable bonds is 4. The molecule has 0 aliphatic heterocycles. The Balaban J connectivity index is 2.67. The summed E-state index contributed by atoms with van der Waals surface area (Å²) in [6.07, 6.45) is 4.47. The van der Waals surface area contributed by atoms with Gasteiger partial charge in [-0.3, -0.25) is 0 Å². The summed E-state index contributed by atoms with van der Waals surface area (Å²) in [7, 11) is 0. The Kier molecular flexibility index (Phi) is 3.53. The van der Waals surface area contributed by atoms with Crippen molar-refractivity contribution in [2.24, 2.45) is 0 Å². The standard InChI is InChI=1S/C15H21NO/c1-4-5-13-10-16(6-7-17)15-12(3)8-11(2)9-14(13)15/h8-10,17H,4-7H2,1-3H3. The zero-order valence-corrected chi connectivity index (χ0v) is 11.0. The fourth-order valence-corrected chi connectivity index (χ4v) is 2.66. The number of aliphatic hydroxyl groups is 1. The summed E-state index contributed by atoms with van der Waals surface area (Å²) in [5.74, 6) is 0. The fraction of sp³-hybridized carbons (Fsp3) is 0.467. The Hall–Kier alpha value is -1.28. The Morgan fingerprint density at radius 3 is 2.65 bits per heavy atom. The van der Waals surface area contributed by atoms with Gasteiger partial charge in [0.25, 0.3) is 0 Å². The summed E-state index contributed by atoms with van der Waals surface area (Å²) >= 11 is 0. The van der Waals surface area contributed by atoms with Crippen LogP contribution in [0.25, 0.3) is 10.9 Å². The zero-order chi connectivity index (χ0) is 12.4. The lowest BCUT2D eigenvalue weighted by Gasteiger charge is -2.06. The molecule has 2 rings (SSSR count). The third-order valence-electron chi connectivity index (χ3n) is 3.25. The van der Waals surface area contributed by atoms with Crippen molar-refractivity contribution in [3.63, 3.8) is 0 Å². The van der Waals surface area contributed by atoms with E-state index in [0.29, 0.717) is 6.54 Å². The van der Waals surface area contributed by atoms with Crippen molar-refractivity contribution in [2.75, 3.05) is 6.61 Å². The highest BCUT2D eigenvalue weighted by atomic mass is 16.3. The first-order valence-corrected chi connectivity index (χ1v) is 6.37. The lowest BCUT2D eigenvalue weighted by atomic mass is 10.0. The lowest BCUT2D eigenvalue weighted by Crippen LogP contribution is -2.01. The average Bonchev–Trinajstić information content (AvgIpc) is 2.58. The third-order valence-corrected chi connectivity index (χ3v) is 3.25. The first-order chi connectivity index (χ1) is 8.17. The van der Waals surface area contributed by atoms with Crippen molar-refractivity contribution in [3.05, 3.63) is 35.0 Å². The molecule has 0 aliphatic rings. The summed E-state index contributed by atoms with van der Waals surface area (Å²) in [4.78, 5) is 0. The van der Waals surface area contributed by atoms with Gasteiger partial charge >= 0.3 is 0 Å². The summed E-state index contributed by atoms with van der Waals surface area (Å²) in [5, 5.41) is 10.5. The average molecular weight is 231 g/mol. The van der Waals surface area contributed by atoms with E-state index in [1.807, 2.05) is 0 Å². The van der Waals surface area contributed by atoms with Gasteiger partial charge in [0.15, 0.2) is 0 Å². The van der Waals surface area contributed by atoms with Crippen LogP contribution in [0.15, 0.2) is 18.3 Å². The molecule has 17 heavy (non-hydrogen) atoms. The molecule has 1 aromatic heterocycles. The number of benzene rings is 1. The Labute approximate surface area is 103 Å². The second kappa shape index (κ2) is 4.92. The van der Waals surface area contributed by atoms with E-state index in [1.54, 1.807) is 0 Å². The van der Waals surface area contributed by atoms with Gasteiger partial charge < -0.3 is 9.67 Å². The van der Waals surface area contributed by atoms with Gasteiger partial charge in [-0.1, -0.05) is 25.0 Å². The molecule has 0 fully saturated rings. The largest absolute Gasteiger partial charge is 0.395 e. The van der Waals surface area contributed by atoms with Gasteiger partial charge in [0.2, 0.25) is 0 Å². The molecule has 1 aromatic carbocycles. The monoisotopic (exact) mass is 231 g/mol. The van der Waals surface area contributed by atoms with Crippen LogP contribution in [0.1, 0.15) is 30.0 Å². The number of hydrogen-bond donors (Lipinski definition) is 1. The van der Waals surface area contributed by atoms with Gasteiger partial charge in [-0.2, -0.15) is 0 Å². The highest BCUT2D eigenvalue weighted by Gasteiger charge is 2.10. The number of fused-ring (bicyclic) bond motifs is 1. The van der Waals surface area contributed by atoms with Gasteiger partial charge in [-0.15, -0.1) is 0 Å². The van der Waals surface area contributed by atoms with E-state index in [2.05, 4.69) is 43.7 Å². The first-order valence-electron chi connectivity index (χ1n) is 6.37. The molecule has 1 heterocycles. The highest BCUT2D eigenvalue weighted by molar-refractivity contribution is 5.87. The van der Waals surface area contributed by atoms with Crippen molar-refractivity contribution >= 4 is 10.9 Å². The normalized spacial score (nSPS) is 11.3. The molecule has 2 aromatic rings. The van der Waals surface area contributed by atoms with E-state index in [-0.39, 0.29) is 6.61 Å². The van der Waals surface area contributed by atoms with Crippen molar-refractivity contribution in [1.82, 2.24) is 4.57 Å². The van der Waals surface area contributed by atoms with E-state index in [9.17, 15) is 0 Å². The minimum Gasteiger partial charge on any atom is -0.395 e. The molecule has 0 unspecified atom stereocenters.